The van der Waals surface area contributed by atoms with Gasteiger partial charge in [0.05, 0.1) is 17.7 Å². The monoisotopic (exact) mass is 359 g/mol. The summed E-state index contributed by atoms with van der Waals surface area (Å²) in [5.41, 5.74) is 1.64. The molecule has 2 N–H and O–H groups in total. The SMILES string of the molecule is COc1ccc(CNC(=O)c2cc3c(C)nn(C)c3s2)cc1C(=O)O. The Labute approximate surface area is 147 Å². The van der Waals surface area contributed by atoms with Crippen molar-refractivity contribution in [3.8, 4) is 5.75 Å². The molecule has 0 spiro atoms. The van der Waals surface area contributed by atoms with E-state index in [1.165, 1.54) is 24.5 Å². The highest BCUT2D eigenvalue weighted by Gasteiger charge is 2.16. The lowest BCUT2D eigenvalue weighted by Gasteiger charge is -2.08. The molecule has 1 amide bonds. The van der Waals surface area contributed by atoms with Crippen LogP contribution in [0.3, 0.4) is 0 Å². The van der Waals surface area contributed by atoms with Crippen LogP contribution in [0, 0.1) is 6.92 Å². The lowest BCUT2D eigenvalue weighted by Crippen LogP contribution is -2.22. The maximum absolute atomic E-state index is 12.4. The fourth-order valence-electron chi connectivity index (χ4n) is 2.62. The zero-order chi connectivity index (χ0) is 18.1. The van der Waals surface area contributed by atoms with E-state index in [9.17, 15) is 14.7 Å². The molecule has 0 aliphatic rings. The minimum absolute atomic E-state index is 0.0674. The largest absolute Gasteiger partial charge is 0.496 e. The van der Waals surface area contributed by atoms with E-state index in [-0.39, 0.29) is 23.8 Å². The molecule has 8 heteroatoms. The van der Waals surface area contributed by atoms with Crippen LogP contribution in [-0.4, -0.2) is 33.9 Å². The Hall–Kier alpha value is -2.87. The van der Waals surface area contributed by atoms with Crippen LogP contribution in [0.5, 0.6) is 5.75 Å². The Balaban J connectivity index is 1.76. The van der Waals surface area contributed by atoms with E-state index >= 15 is 0 Å². The third kappa shape index (κ3) is 3.20. The molecule has 0 aliphatic carbocycles. The smallest absolute Gasteiger partial charge is 0.339 e. The number of amides is 1. The zero-order valence-electron chi connectivity index (χ0n) is 14.0. The van der Waals surface area contributed by atoms with Gasteiger partial charge in [-0.15, -0.1) is 11.3 Å². The number of benzene rings is 1. The zero-order valence-corrected chi connectivity index (χ0v) is 14.8. The van der Waals surface area contributed by atoms with E-state index in [4.69, 9.17) is 4.74 Å². The van der Waals surface area contributed by atoms with E-state index in [1.54, 1.807) is 16.8 Å². The van der Waals surface area contributed by atoms with Crippen LogP contribution >= 0.6 is 11.3 Å². The highest BCUT2D eigenvalue weighted by Crippen LogP contribution is 2.27. The number of hydrogen-bond donors (Lipinski definition) is 2. The quantitative estimate of drug-likeness (QED) is 0.730. The number of rotatable bonds is 5. The summed E-state index contributed by atoms with van der Waals surface area (Å²) in [6.45, 7) is 2.14. The van der Waals surface area contributed by atoms with Gasteiger partial charge in [-0.25, -0.2) is 4.79 Å². The fourth-order valence-corrected chi connectivity index (χ4v) is 3.66. The predicted molar refractivity (Wildman–Crippen MR) is 94.5 cm³/mol. The highest BCUT2D eigenvalue weighted by molar-refractivity contribution is 7.20. The average molecular weight is 359 g/mol. The van der Waals surface area contributed by atoms with Crippen LogP contribution in [0.1, 0.15) is 31.3 Å². The maximum atomic E-state index is 12.4. The third-order valence-corrected chi connectivity index (χ3v) is 5.07. The van der Waals surface area contributed by atoms with Crippen LogP contribution < -0.4 is 10.1 Å². The predicted octanol–water partition coefficient (Wildman–Crippen LogP) is 2.58. The van der Waals surface area contributed by atoms with E-state index < -0.39 is 5.97 Å². The Morgan fingerprint density at radius 2 is 2.12 bits per heavy atom. The number of nitrogens with zero attached hydrogens (tertiary/aromatic N) is 2. The van der Waals surface area contributed by atoms with Gasteiger partial charge in [-0.05, 0) is 30.7 Å². The van der Waals surface area contributed by atoms with E-state index in [0.29, 0.717) is 10.4 Å². The molecule has 130 valence electrons. The second-order valence-corrected chi connectivity index (χ2v) is 6.59. The van der Waals surface area contributed by atoms with E-state index in [0.717, 1.165) is 15.9 Å². The molecule has 1 aromatic carbocycles. The summed E-state index contributed by atoms with van der Waals surface area (Å²) in [4.78, 5) is 25.2. The van der Waals surface area contributed by atoms with Crippen LogP contribution in [0.25, 0.3) is 10.2 Å². The molecular formula is C17H17N3O4S. The number of methoxy groups -OCH3 is 1. The Morgan fingerprint density at radius 3 is 2.76 bits per heavy atom. The molecule has 2 heterocycles. The first-order valence-electron chi connectivity index (χ1n) is 7.52. The standard InChI is InChI=1S/C17H17N3O4S/c1-9-11-7-14(25-16(11)20(2)19-9)15(21)18-8-10-4-5-13(24-3)12(6-10)17(22)23/h4-7H,8H2,1-3H3,(H,18,21)(H,22,23). The number of carboxylic acids is 1. The molecule has 3 aromatic rings. The minimum atomic E-state index is -1.07. The number of aryl methyl sites for hydroxylation is 2. The van der Waals surface area contributed by atoms with Gasteiger partial charge in [-0.1, -0.05) is 6.07 Å². The van der Waals surface area contributed by atoms with E-state index in [1.807, 2.05) is 20.0 Å². The number of carbonyl (C=O) groups excluding carboxylic acids is 1. The number of ether oxygens (including phenoxy) is 1. The molecule has 0 atom stereocenters. The van der Waals surface area contributed by atoms with Gasteiger partial charge in [0, 0.05) is 19.0 Å². The van der Waals surface area contributed by atoms with Gasteiger partial charge in [0.25, 0.3) is 5.91 Å². The van der Waals surface area contributed by atoms with Crippen molar-refractivity contribution in [3.05, 3.63) is 46.0 Å². The molecule has 0 bridgehead atoms. The number of carbonyl (C=O) groups is 2. The number of thiophene rings is 1. The summed E-state index contributed by atoms with van der Waals surface area (Å²) < 4.78 is 6.79. The summed E-state index contributed by atoms with van der Waals surface area (Å²) in [5, 5.41) is 17.3. The van der Waals surface area contributed by atoms with Crippen molar-refractivity contribution in [3.63, 3.8) is 0 Å². The average Bonchev–Trinajstić information content (AvgIpc) is 3.14. The molecule has 7 nitrogen and oxygen atoms in total. The lowest BCUT2D eigenvalue weighted by atomic mass is 10.1. The number of fused-ring (bicyclic) bond motifs is 1. The molecule has 0 unspecified atom stereocenters. The van der Waals surface area contributed by atoms with Crippen molar-refractivity contribution in [1.82, 2.24) is 15.1 Å². The van der Waals surface area contributed by atoms with Crippen molar-refractivity contribution >= 4 is 33.4 Å². The van der Waals surface area contributed by atoms with Gasteiger partial charge in [-0.3, -0.25) is 9.48 Å². The molecular weight excluding hydrogens is 342 g/mol. The maximum Gasteiger partial charge on any atom is 0.339 e. The molecule has 0 fully saturated rings. The number of aromatic carboxylic acids is 1. The van der Waals surface area contributed by atoms with Gasteiger partial charge < -0.3 is 15.2 Å². The lowest BCUT2D eigenvalue weighted by molar-refractivity contribution is 0.0693. The summed E-state index contributed by atoms with van der Waals surface area (Å²) in [6.07, 6.45) is 0. The fraction of sp³-hybridized carbons (Fsp3) is 0.235. The van der Waals surface area contributed by atoms with E-state index in [2.05, 4.69) is 10.4 Å². The minimum Gasteiger partial charge on any atom is -0.496 e. The summed E-state index contributed by atoms with van der Waals surface area (Å²) in [6, 6.07) is 6.64. The van der Waals surface area contributed by atoms with Gasteiger partial charge >= 0.3 is 5.97 Å². The van der Waals surface area contributed by atoms with Gasteiger partial charge in [0.15, 0.2) is 0 Å². The Kier molecular flexibility index (Phi) is 4.45. The summed E-state index contributed by atoms with van der Waals surface area (Å²) >= 11 is 1.38. The first-order valence-corrected chi connectivity index (χ1v) is 8.34. The topological polar surface area (TPSA) is 93.5 Å². The van der Waals surface area contributed by atoms with Crippen molar-refractivity contribution in [2.24, 2.45) is 7.05 Å². The van der Waals surface area contributed by atoms with Crippen LogP contribution in [0.2, 0.25) is 0 Å². The number of nitrogens with one attached hydrogen (secondary N) is 1. The number of carboxylic acid groups (broad SMARTS) is 1. The third-order valence-electron chi connectivity index (χ3n) is 3.87. The Morgan fingerprint density at radius 1 is 1.36 bits per heavy atom. The molecule has 3 rings (SSSR count). The van der Waals surface area contributed by atoms with Crippen molar-refractivity contribution in [2.75, 3.05) is 7.11 Å². The molecule has 0 saturated carbocycles. The molecule has 0 radical (unpaired) electrons. The molecule has 0 saturated heterocycles. The summed E-state index contributed by atoms with van der Waals surface area (Å²) in [7, 11) is 3.26. The highest BCUT2D eigenvalue weighted by atomic mass is 32.1. The van der Waals surface area contributed by atoms with Crippen LogP contribution in [-0.2, 0) is 13.6 Å². The Bertz CT molecular complexity index is 939. The molecule has 25 heavy (non-hydrogen) atoms. The number of hydrogen-bond acceptors (Lipinski definition) is 5. The van der Waals surface area contributed by atoms with Crippen LogP contribution in [0.4, 0.5) is 0 Å². The molecule has 0 aliphatic heterocycles. The van der Waals surface area contributed by atoms with Crippen molar-refractivity contribution < 1.29 is 19.4 Å². The first-order chi connectivity index (χ1) is 11.9. The second kappa shape index (κ2) is 6.56. The normalized spacial score (nSPS) is 10.8. The number of aromatic nitrogens is 2. The first kappa shape index (κ1) is 17.0. The van der Waals surface area contributed by atoms with Gasteiger partial charge in [0.2, 0.25) is 0 Å². The van der Waals surface area contributed by atoms with Gasteiger partial charge in [-0.2, -0.15) is 5.10 Å². The molecule has 2 aromatic heterocycles. The summed E-state index contributed by atoms with van der Waals surface area (Å²) in [5.74, 6) is -0.985. The van der Waals surface area contributed by atoms with Crippen LogP contribution in [0.15, 0.2) is 24.3 Å². The van der Waals surface area contributed by atoms with Crippen molar-refractivity contribution in [2.45, 2.75) is 13.5 Å². The van der Waals surface area contributed by atoms with Gasteiger partial charge in [0.1, 0.15) is 16.1 Å². The van der Waals surface area contributed by atoms with Crippen molar-refractivity contribution in [1.29, 1.82) is 0 Å². The second-order valence-electron chi connectivity index (χ2n) is 5.56.